The van der Waals surface area contributed by atoms with Crippen molar-refractivity contribution < 1.29 is 8.42 Å². The van der Waals surface area contributed by atoms with Gasteiger partial charge in [0.1, 0.15) is 0 Å². The molecule has 0 saturated carbocycles. The van der Waals surface area contributed by atoms with Gasteiger partial charge in [0.2, 0.25) is 0 Å². The lowest BCUT2D eigenvalue weighted by Gasteiger charge is -2.22. The molecule has 16 heavy (non-hydrogen) atoms. The zero-order valence-corrected chi connectivity index (χ0v) is 12.1. The molecule has 1 N–H and O–H groups in total. The maximum Gasteiger partial charge on any atom is 0.154 e. The van der Waals surface area contributed by atoms with Crippen LogP contribution in [-0.4, -0.2) is 32.0 Å². The number of hydrogen-bond acceptors (Lipinski definition) is 3. The number of nitrogens with one attached hydrogen (secondary N) is 1. The van der Waals surface area contributed by atoms with Gasteiger partial charge in [-0.3, -0.25) is 0 Å². The van der Waals surface area contributed by atoms with Crippen molar-refractivity contribution in [3.8, 4) is 0 Å². The van der Waals surface area contributed by atoms with E-state index < -0.39 is 9.84 Å². The highest BCUT2D eigenvalue weighted by molar-refractivity contribution is 7.92. The fourth-order valence-electron chi connectivity index (χ4n) is 1.52. The van der Waals surface area contributed by atoms with Crippen LogP contribution >= 0.6 is 0 Å². The van der Waals surface area contributed by atoms with E-state index in [-0.39, 0.29) is 17.2 Å². The highest BCUT2D eigenvalue weighted by Gasteiger charge is 2.27. The van der Waals surface area contributed by atoms with Gasteiger partial charge in [-0.1, -0.05) is 27.2 Å². The van der Waals surface area contributed by atoms with E-state index in [1.54, 1.807) is 0 Å². The van der Waals surface area contributed by atoms with Crippen LogP contribution in [-0.2, 0) is 9.84 Å². The van der Waals surface area contributed by atoms with Crippen molar-refractivity contribution in [3.05, 3.63) is 0 Å². The molecule has 0 aromatic heterocycles. The third-order valence-electron chi connectivity index (χ3n) is 3.20. The molecule has 0 aliphatic rings. The molecule has 3 atom stereocenters. The minimum atomic E-state index is -2.96. The topological polar surface area (TPSA) is 46.2 Å². The molecule has 0 amide bonds. The van der Waals surface area contributed by atoms with E-state index in [1.165, 1.54) is 0 Å². The first-order valence-corrected chi connectivity index (χ1v) is 8.01. The maximum absolute atomic E-state index is 12.1. The monoisotopic (exact) mass is 249 g/mol. The maximum atomic E-state index is 12.1. The van der Waals surface area contributed by atoms with Crippen LogP contribution in [0, 0.1) is 5.92 Å². The van der Waals surface area contributed by atoms with E-state index in [1.807, 2.05) is 27.7 Å². The largest absolute Gasteiger partial charge is 0.313 e. The normalized spacial score (nSPS) is 18.1. The summed E-state index contributed by atoms with van der Waals surface area (Å²) in [5.74, 6) is 0.564. The molecule has 98 valence electrons. The Bertz CT molecular complexity index is 275. The Balaban J connectivity index is 4.39. The van der Waals surface area contributed by atoms with Crippen molar-refractivity contribution in [1.82, 2.24) is 5.32 Å². The summed E-state index contributed by atoms with van der Waals surface area (Å²) in [5.41, 5.74) is 0. The van der Waals surface area contributed by atoms with Crippen LogP contribution in [0.15, 0.2) is 0 Å². The Labute approximate surface area is 101 Å². The molecular weight excluding hydrogens is 222 g/mol. The van der Waals surface area contributed by atoms with Crippen LogP contribution in [0.25, 0.3) is 0 Å². The number of hydrogen-bond donors (Lipinski definition) is 1. The summed E-state index contributed by atoms with van der Waals surface area (Å²) in [6.07, 6.45) is 1.95. The van der Waals surface area contributed by atoms with Crippen molar-refractivity contribution in [2.24, 2.45) is 5.92 Å². The molecule has 0 fully saturated rings. The highest BCUT2D eigenvalue weighted by atomic mass is 32.2. The van der Waals surface area contributed by atoms with Crippen LogP contribution in [0.5, 0.6) is 0 Å². The van der Waals surface area contributed by atoms with Gasteiger partial charge < -0.3 is 5.32 Å². The van der Waals surface area contributed by atoms with Gasteiger partial charge in [0, 0.05) is 6.04 Å². The van der Waals surface area contributed by atoms with E-state index in [0.29, 0.717) is 5.75 Å². The molecule has 3 nitrogen and oxygen atoms in total. The Kier molecular flexibility index (Phi) is 7.24. The van der Waals surface area contributed by atoms with Crippen molar-refractivity contribution >= 4 is 9.84 Å². The highest BCUT2D eigenvalue weighted by Crippen LogP contribution is 2.13. The Morgan fingerprint density at radius 2 is 1.69 bits per heavy atom. The predicted molar refractivity (Wildman–Crippen MR) is 70.5 cm³/mol. The Morgan fingerprint density at radius 3 is 2.12 bits per heavy atom. The molecule has 0 aliphatic heterocycles. The van der Waals surface area contributed by atoms with E-state index in [0.717, 1.165) is 19.4 Å². The minimum Gasteiger partial charge on any atom is -0.313 e. The second kappa shape index (κ2) is 7.28. The summed E-state index contributed by atoms with van der Waals surface area (Å²) in [7, 11) is -2.96. The van der Waals surface area contributed by atoms with E-state index in [9.17, 15) is 8.42 Å². The summed E-state index contributed by atoms with van der Waals surface area (Å²) < 4.78 is 24.1. The van der Waals surface area contributed by atoms with Gasteiger partial charge in [0.25, 0.3) is 0 Å². The third-order valence-corrected chi connectivity index (χ3v) is 5.78. The van der Waals surface area contributed by atoms with Gasteiger partial charge in [-0.25, -0.2) is 8.42 Å². The molecule has 0 spiro atoms. The summed E-state index contributed by atoms with van der Waals surface area (Å²) in [6, 6.07) is 0.0361. The first-order valence-electron chi connectivity index (χ1n) is 6.30. The van der Waals surface area contributed by atoms with Gasteiger partial charge in [-0.05, 0) is 32.7 Å². The molecular formula is C12H27NO2S. The lowest BCUT2D eigenvalue weighted by atomic mass is 10.2. The van der Waals surface area contributed by atoms with Gasteiger partial charge >= 0.3 is 0 Å². The minimum absolute atomic E-state index is 0.0361. The first kappa shape index (κ1) is 15.9. The van der Waals surface area contributed by atoms with Gasteiger partial charge in [0.05, 0.1) is 11.0 Å². The first-order chi connectivity index (χ1) is 7.35. The fourth-order valence-corrected chi connectivity index (χ4v) is 3.57. The molecule has 0 bridgehead atoms. The van der Waals surface area contributed by atoms with Gasteiger partial charge in [-0.15, -0.1) is 0 Å². The molecule has 0 rings (SSSR count). The molecule has 0 aromatic rings. The van der Waals surface area contributed by atoms with E-state index in [2.05, 4.69) is 12.2 Å². The molecule has 0 radical (unpaired) electrons. The number of rotatable bonds is 8. The summed E-state index contributed by atoms with van der Waals surface area (Å²) in [4.78, 5) is 0. The average Bonchev–Trinajstić information content (AvgIpc) is 2.23. The SMILES string of the molecule is CCCNC(C)C(C)S(=O)(=O)CC(C)CC. The van der Waals surface area contributed by atoms with Crippen molar-refractivity contribution in [1.29, 1.82) is 0 Å². The smallest absolute Gasteiger partial charge is 0.154 e. The van der Waals surface area contributed by atoms with Crippen LogP contribution in [0.4, 0.5) is 0 Å². The summed E-state index contributed by atoms with van der Waals surface area (Å²) >= 11 is 0. The molecule has 0 aliphatic carbocycles. The van der Waals surface area contributed by atoms with Crippen molar-refractivity contribution in [2.75, 3.05) is 12.3 Å². The van der Waals surface area contributed by atoms with Crippen LogP contribution < -0.4 is 5.32 Å². The molecule has 0 aromatic carbocycles. The molecule has 0 heterocycles. The Morgan fingerprint density at radius 1 is 1.12 bits per heavy atom. The van der Waals surface area contributed by atoms with Crippen LogP contribution in [0.2, 0.25) is 0 Å². The third kappa shape index (κ3) is 5.30. The number of sulfone groups is 1. The van der Waals surface area contributed by atoms with Gasteiger partial charge in [0.15, 0.2) is 9.84 Å². The van der Waals surface area contributed by atoms with Crippen molar-refractivity contribution in [3.63, 3.8) is 0 Å². The molecule has 3 unspecified atom stereocenters. The predicted octanol–water partition coefficient (Wildman–Crippen LogP) is 2.22. The zero-order valence-electron chi connectivity index (χ0n) is 11.3. The lowest BCUT2D eigenvalue weighted by Crippen LogP contribution is -2.42. The molecule has 4 heteroatoms. The second-order valence-corrected chi connectivity index (χ2v) is 7.19. The van der Waals surface area contributed by atoms with Crippen LogP contribution in [0.1, 0.15) is 47.5 Å². The Hall–Kier alpha value is -0.0900. The fraction of sp³-hybridized carbons (Fsp3) is 1.00. The quantitative estimate of drug-likeness (QED) is 0.717. The van der Waals surface area contributed by atoms with Gasteiger partial charge in [-0.2, -0.15) is 0 Å². The van der Waals surface area contributed by atoms with E-state index in [4.69, 9.17) is 0 Å². The van der Waals surface area contributed by atoms with Crippen LogP contribution in [0.3, 0.4) is 0 Å². The van der Waals surface area contributed by atoms with E-state index >= 15 is 0 Å². The zero-order chi connectivity index (χ0) is 12.8. The summed E-state index contributed by atoms with van der Waals surface area (Å²) in [6.45, 7) is 10.7. The van der Waals surface area contributed by atoms with Crippen molar-refractivity contribution in [2.45, 2.75) is 58.8 Å². The lowest BCUT2D eigenvalue weighted by molar-refractivity contribution is 0.500. The second-order valence-electron chi connectivity index (χ2n) is 4.79. The average molecular weight is 249 g/mol. The molecule has 0 saturated heterocycles. The summed E-state index contributed by atoms with van der Waals surface area (Å²) in [5, 5.41) is 2.95. The standard InChI is InChI=1S/C12H27NO2S/c1-6-8-13-11(4)12(5)16(14,15)9-10(3)7-2/h10-13H,6-9H2,1-5H3.